The van der Waals surface area contributed by atoms with Crippen LogP contribution in [0.5, 0.6) is 0 Å². The average Bonchev–Trinajstić information content (AvgIpc) is 2.84. The average molecular weight is 451 g/mol. The molecule has 2 aromatic rings. The predicted molar refractivity (Wildman–Crippen MR) is 128 cm³/mol. The summed E-state index contributed by atoms with van der Waals surface area (Å²) in [6, 6.07) is 10.9. The summed E-state index contributed by atoms with van der Waals surface area (Å²) in [7, 11) is 0. The number of amides is 1. The molecule has 0 aliphatic carbocycles. The van der Waals surface area contributed by atoms with Gasteiger partial charge in [-0.05, 0) is 43.2 Å². The summed E-state index contributed by atoms with van der Waals surface area (Å²) < 4.78 is 0. The summed E-state index contributed by atoms with van der Waals surface area (Å²) in [6.45, 7) is 5.84. The highest BCUT2D eigenvalue weighted by atomic mass is 16.3. The van der Waals surface area contributed by atoms with Gasteiger partial charge in [0.1, 0.15) is 24.1 Å². The first-order valence-electron chi connectivity index (χ1n) is 12.2. The van der Waals surface area contributed by atoms with Crippen LogP contribution < -0.4 is 10.2 Å². The summed E-state index contributed by atoms with van der Waals surface area (Å²) in [6.07, 6.45) is 5.70. The first-order valence-corrected chi connectivity index (χ1v) is 12.2. The topological polar surface area (TPSA) is 84.8 Å². The van der Waals surface area contributed by atoms with Crippen molar-refractivity contribution >= 4 is 17.5 Å². The minimum absolute atomic E-state index is 0.0892. The van der Waals surface area contributed by atoms with Crippen molar-refractivity contribution in [2.75, 3.05) is 36.4 Å². The molecule has 0 saturated carbocycles. The van der Waals surface area contributed by atoms with Crippen LogP contribution in [0.15, 0.2) is 36.7 Å². The van der Waals surface area contributed by atoms with Crippen LogP contribution in [0.2, 0.25) is 0 Å². The normalized spacial score (nSPS) is 24.4. The number of hydrogen-bond acceptors (Lipinski definition) is 7. The van der Waals surface area contributed by atoms with E-state index in [4.69, 9.17) is 0 Å². The second-order valence-electron chi connectivity index (χ2n) is 9.49. The van der Waals surface area contributed by atoms with E-state index in [1.807, 2.05) is 11.0 Å². The molecule has 0 bridgehead atoms. The van der Waals surface area contributed by atoms with Crippen LogP contribution in [-0.2, 0) is 17.8 Å². The van der Waals surface area contributed by atoms with Gasteiger partial charge in [0, 0.05) is 51.8 Å². The van der Waals surface area contributed by atoms with Gasteiger partial charge in [-0.3, -0.25) is 9.69 Å². The molecule has 3 aliphatic heterocycles. The quantitative estimate of drug-likeness (QED) is 0.739. The standard InChI is InChI=1S/C25H34N6O2/c1-18(32)29-13-9-21(10-14-29)28-23-15-24(27-17-26-23)31-11-4-7-22(33)25(31)30-12-8-19-5-2-3-6-20(19)16-30/h2-3,5-6,15,17,21-22,25,33H,4,7-14,16H2,1H3,(H,26,27,28). The number of fused-ring (bicyclic) bond motifs is 1. The zero-order chi connectivity index (χ0) is 22.8. The highest BCUT2D eigenvalue weighted by molar-refractivity contribution is 5.73. The Labute approximate surface area is 195 Å². The van der Waals surface area contributed by atoms with Crippen LogP contribution in [0.1, 0.15) is 43.7 Å². The number of likely N-dealkylation sites (tertiary alicyclic amines) is 1. The number of anilines is 2. The first-order chi connectivity index (χ1) is 16.1. The molecule has 33 heavy (non-hydrogen) atoms. The molecule has 2 unspecified atom stereocenters. The molecule has 8 nitrogen and oxygen atoms in total. The minimum atomic E-state index is -0.411. The molecule has 5 rings (SSSR count). The molecule has 2 fully saturated rings. The van der Waals surface area contributed by atoms with Crippen molar-refractivity contribution in [3.63, 3.8) is 0 Å². The summed E-state index contributed by atoms with van der Waals surface area (Å²) >= 11 is 0. The van der Waals surface area contributed by atoms with Gasteiger partial charge in [-0.15, -0.1) is 0 Å². The Morgan fingerprint density at radius 3 is 2.64 bits per heavy atom. The van der Waals surface area contributed by atoms with Crippen molar-refractivity contribution in [1.29, 1.82) is 0 Å². The van der Waals surface area contributed by atoms with Gasteiger partial charge in [0.25, 0.3) is 0 Å². The number of aliphatic hydroxyl groups is 1. The lowest BCUT2D eigenvalue weighted by Gasteiger charge is -2.47. The fourth-order valence-corrected chi connectivity index (χ4v) is 5.52. The lowest BCUT2D eigenvalue weighted by molar-refractivity contribution is -0.129. The highest BCUT2D eigenvalue weighted by Crippen LogP contribution is 2.30. The fraction of sp³-hybridized carbons (Fsp3) is 0.560. The lowest BCUT2D eigenvalue weighted by atomic mass is 9.96. The van der Waals surface area contributed by atoms with E-state index in [-0.39, 0.29) is 12.1 Å². The number of hydrogen-bond donors (Lipinski definition) is 2. The summed E-state index contributed by atoms with van der Waals surface area (Å²) in [5, 5.41) is 14.6. The second kappa shape index (κ2) is 9.65. The molecule has 0 radical (unpaired) electrons. The third-order valence-corrected chi connectivity index (χ3v) is 7.34. The van der Waals surface area contributed by atoms with Crippen molar-refractivity contribution in [2.24, 2.45) is 0 Å². The van der Waals surface area contributed by atoms with Crippen molar-refractivity contribution in [1.82, 2.24) is 19.8 Å². The molecular formula is C25H34N6O2. The Morgan fingerprint density at radius 2 is 1.85 bits per heavy atom. The SMILES string of the molecule is CC(=O)N1CCC(Nc2cc(N3CCCC(O)C3N3CCc4ccccc4C3)ncn2)CC1. The van der Waals surface area contributed by atoms with Gasteiger partial charge in [-0.25, -0.2) is 9.97 Å². The Kier molecular flexibility index (Phi) is 6.46. The smallest absolute Gasteiger partial charge is 0.219 e. The van der Waals surface area contributed by atoms with Crippen LogP contribution in [-0.4, -0.2) is 75.3 Å². The van der Waals surface area contributed by atoms with Gasteiger partial charge >= 0.3 is 0 Å². The first kappa shape index (κ1) is 22.1. The van der Waals surface area contributed by atoms with Crippen LogP contribution in [0, 0.1) is 0 Å². The van der Waals surface area contributed by atoms with Crippen molar-refractivity contribution < 1.29 is 9.90 Å². The molecule has 8 heteroatoms. The molecule has 3 aliphatic rings. The predicted octanol–water partition coefficient (Wildman–Crippen LogP) is 2.24. The number of benzene rings is 1. The number of nitrogens with one attached hydrogen (secondary N) is 1. The Hall–Kier alpha value is -2.71. The number of rotatable bonds is 4. The zero-order valence-electron chi connectivity index (χ0n) is 19.4. The van der Waals surface area contributed by atoms with E-state index in [1.54, 1.807) is 13.3 Å². The van der Waals surface area contributed by atoms with E-state index in [1.165, 1.54) is 11.1 Å². The van der Waals surface area contributed by atoms with Gasteiger partial charge in [0.2, 0.25) is 5.91 Å². The van der Waals surface area contributed by atoms with Gasteiger partial charge in [-0.1, -0.05) is 24.3 Å². The van der Waals surface area contributed by atoms with E-state index in [2.05, 4.69) is 49.4 Å². The third-order valence-electron chi connectivity index (χ3n) is 7.34. The number of aliphatic hydroxyl groups excluding tert-OH is 1. The van der Waals surface area contributed by atoms with Crippen LogP contribution in [0.3, 0.4) is 0 Å². The fourth-order valence-electron chi connectivity index (χ4n) is 5.52. The van der Waals surface area contributed by atoms with Crippen LogP contribution in [0.4, 0.5) is 11.6 Å². The molecule has 2 saturated heterocycles. The number of nitrogens with zero attached hydrogens (tertiary/aromatic N) is 5. The lowest BCUT2D eigenvalue weighted by Crippen LogP contribution is -2.59. The number of carbonyl (C=O) groups is 1. The summed E-state index contributed by atoms with van der Waals surface area (Å²) in [4.78, 5) is 27.2. The third kappa shape index (κ3) is 4.82. The van der Waals surface area contributed by atoms with Gasteiger partial charge < -0.3 is 20.2 Å². The Balaban J connectivity index is 1.31. The maximum absolute atomic E-state index is 11.6. The minimum Gasteiger partial charge on any atom is -0.390 e. The zero-order valence-corrected chi connectivity index (χ0v) is 19.4. The maximum Gasteiger partial charge on any atom is 0.219 e. The molecule has 2 atom stereocenters. The van der Waals surface area contributed by atoms with Crippen molar-refractivity contribution in [2.45, 2.75) is 63.9 Å². The Morgan fingerprint density at radius 1 is 1.06 bits per heavy atom. The van der Waals surface area contributed by atoms with E-state index in [0.717, 1.165) is 76.5 Å². The molecular weight excluding hydrogens is 416 g/mol. The number of aromatic nitrogens is 2. The van der Waals surface area contributed by atoms with Crippen molar-refractivity contribution in [3.05, 3.63) is 47.8 Å². The molecule has 1 aromatic carbocycles. The number of piperidine rings is 2. The molecule has 0 spiro atoms. The summed E-state index contributed by atoms with van der Waals surface area (Å²) in [5.41, 5.74) is 2.76. The monoisotopic (exact) mass is 450 g/mol. The molecule has 4 heterocycles. The van der Waals surface area contributed by atoms with Gasteiger partial charge in [-0.2, -0.15) is 0 Å². The van der Waals surface area contributed by atoms with E-state index in [9.17, 15) is 9.90 Å². The van der Waals surface area contributed by atoms with Crippen LogP contribution in [0.25, 0.3) is 0 Å². The van der Waals surface area contributed by atoms with Gasteiger partial charge in [0.05, 0.1) is 6.10 Å². The Bertz CT molecular complexity index is 977. The van der Waals surface area contributed by atoms with Crippen LogP contribution >= 0.6 is 0 Å². The second-order valence-corrected chi connectivity index (χ2v) is 9.49. The molecule has 2 N–H and O–H groups in total. The van der Waals surface area contributed by atoms with Crippen molar-refractivity contribution in [3.8, 4) is 0 Å². The van der Waals surface area contributed by atoms with Gasteiger partial charge in [0.15, 0.2) is 0 Å². The van der Waals surface area contributed by atoms with E-state index < -0.39 is 6.10 Å². The molecule has 1 aromatic heterocycles. The number of carbonyl (C=O) groups excluding carboxylic acids is 1. The summed E-state index contributed by atoms with van der Waals surface area (Å²) in [5.74, 6) is 1.81. The highest BCUT2D eigenvalue weighted by Gasteiger charge is 2.37. The van der Waals surface area contributed by atoms with E-state index in [0.29, 0.717) is 6.04 Å². The molecule has 1 amide bonds. The molecule has 176 valence electrons. The largest absolute Gasteiger partial charge is 0.390 e. The van der Waals surface area contributed by atoms with E-state index >= 15 is 0 Å². The maximum atomic E-state index is 11.6.